The van der Waals surface area contributed by atoms with Crippen molar-refractivity contribution in [3.63, 3.8) is 0 Å². The maximum atomic E-state index is 13.3. The third-order valence-electron chi connectivity index (χ3n) is 5.42. The van der Waals surface area contributed by atoms with E-state index in [0.717, 1.165) is 28.1 Å². The summed E-state index contributed by atoms with van der Waals surface area (Å²) in [6.45, 7) is 5.99. The van der Waals surface area contributed by atoms with Crippen molar-refractivity contribution in [3.8, 4) is 0 Å². The molecule has 4 rings (SSSR count). The van der Waals surface area contributed by atoms with Crippen molar-refractivity contribution < 1.29 is 13.2 Å². The molecule has 2 aromatic carbocycles. The van der Waals surface area contributed by atoms with Crippen molar-refractivity contribution in [2.75, 3.05) is 21.3 Å². The molecule has 2 amide bonds. The molecule has 136 valence electrons. The quantitative estimate of drug-likeness (QED) is 0.763. The summed E-state index contributed by atoms with van der Waals surface area (Å²) in [7, 11) is -3.17. The van der Waals surface area contributed by atoms with Crippen molar-refractivity contribution in [2.24, 2.45) is 0 Å². The molecule has 2 atom stereocenters. The molecule has 0 radical (unpaired) electrons. The Kier molecular flexibility index (Phi) is 3.84. The highest BCUT2D eigenvalue weighted by molar-refractivity contribution is 7.91. The van der Waals surface area contributed by atoms with E-state index < -0.39 is 9.84 Å². The summed E-state index contributed by atoms with van der Waals surface area (Å²) in [4.78, 5) is 16.6. The Morgan fingerprint density at radius 3 is 2.04 bits per heavy atom. The maximum Gasteiger partial charge on any atom is 0.329 e. The van der Waals surface area contributed by atoms with Crippen LogP contribution < -0.4 is 9.80 Å². The third-order valence-corrected chi connectivity index (χ3v) is 7.12. The molecule has 0 saturated carbocycles. The van der Waals surface area contributed by atoms with Gasteiger partial charge in [0.25, 0.3) is 0 Å². The van der Waals surface area contributed by atoms with Crippen molar-refractivity contribution in [1.82, 2.24) is 0 Å². The van der Waals surface area contributed by atoms with Crippen molar-refractivity contribution in [1.29, 1.82) is 0 Å². The van der Waals surface area contributed by atoms with E-state index in [1.54, 1.807) is 9.80 Å². The molecule has 2 aliphatic rings. The number of hydrogen-bond donors (Lipinski definition) is 0. The lowest BCUT2D eigenvalue weighted by Gasteiger charge is -2.23. The number of aryl methyl sites for hydroxylation is 3. The molecule has 2 aliphatic heterocycles. The molecule has 26 heavy (non-hydrogen) atoms. The van der Waals surface area contributed by atoms with Crippen molar-refractivity contribution in [3.05, 3.63) is 59.2 Å². The van der Waals surface area contributed by atoms with Gasteiger partial charge in [-0.05, 0) is 61.7 Å². The molecular formula is C20H22N2O3S. The lowest BCUT2D eigenvalue weighted by Crippen LogP contribution is -2.38. The Morgan fingerprint density at radius 1 is 0.846 bits per heavy atom. The number of nitrogens with zero attached hydrogens (tertiary/aromatic N) is 2. The van der Waals surface area contributed by atoms with Gasteiger partial charge in [-0.15, -0.1) is 0 Å². The van der Waals surface area contributed by atoms with Gasteiger partial charge in [-0.1, -0.05) is 18.2 Å². The fourth-order valence-electron chi connectivity index (χ4n) is 3.96. The third kappa shape index (κ3) is 2.69. The summed E-state index contributed by atoms with van der Waals surface area (Å²) in [6, 6.07) is 12.7. The minimum Gasteiger partial charge on any atom is -0.288 e. The molecule has 2 saturated heterocycles. The average Bonchev–Trinajstić information content (AvgIpc) is 2.99. The number of hydrogen-bond acceptors (Lipinski definition) is 3. The van der Waals surface area contributed by atoms with Crippen LogP contribution in [0.15, 0.2) is 42.5 Å². The van der Waals surface area contributed by atoms with E-state index in [9.17, 15) is 13.2 Å². The van der Waals surface area contributed by atoms with E-state index in [1.807, 2.05) is 63.2 Å². The first-order chi connectivity index (χ1) is 12.3. The minimum absolute atomic E-state index is 0.0125. The highest BCUT2D eigenvalue weighted by Crippen LogP contribution is 2.38. The lowest BCUT2D eigenvalue weighted by atomic mass is 10.1. The van der Waals surface area contributed by atoms with Gasteiger partial charge in [0, 0.05) is 11.4 Å². The second-order valence-electron chi connectivity index (χ2n) is 7.34. The zero-order valence-corrected chi connectivity index (χ0v) is 16.0. The van der Waals surface area contributed by atoms with Crippen LogP contribution in [-0.4, -0.2) is 38.0 Å². The first-order valence-corrected chi connectivity index (χ1v) is 10.6. The number of benzene rings is 2. The van der Waals surface area contributed by atoms with Crippen LogP contribution in [0.25, 0.3) is 0 Å². The Hall–Kier alpha value is -2.34. The number of carbonyl (C=O) groups is 1. The van der Waals surface area contributed by atoms with Gasteiger partial charge in [-0.25, -0.2) is 13.2 Å². The number of carbonyl (C=O) groups excluding carboxylic acids is 1. The largest absolute Gasteiger partial charge is 0.329 e. The monoisotopic (exact) mass is 370 g/mol. The zero-order chi connectivity index (χ0) is 18.6. The SMILES string of the molecule is Cc1cccc(N2C(=O)N(c3ccc(C)c(C)c3)[C@@H]3CS(=O)(=O)C[C@H]32)c1. The summed E-state index contributed by atoms with van der Waals surface area (Å²) < 4.78 is 24.7. The predicted octanol–water partition coefficient (Wildman–Crippen LogP) is 3.22. The van der Waals surface area contributed by atoms with Crippen LogP contribution in [0.4, 0.5) is 16.2 Å². The number of anilines is 2. The Bertz CT molecular complexity index is 1000. The molecule has 0 aromatic heterocycles. The van der Waals surface area contributed by atoms with Crippen LogP contribution in [-0.2, 0) is 9.84 Å². The van der Waals surface area contributed by atoms with Crippen LogP contribution >= 0.6 is 0 Å². The summed E-state index contributed by atoms with van der Waals surface area (Å²) in [6.07, 6.45) is 0. The fourth-order valence-corrected chi connectivity index (χ4v) is 5.88. The number of sulfone groups is 1. The number of amides is 2. The maximum absolute atomic E-state index is 13.3. The van der Waals surface area contributed by atoms with E-state index in [4.69, 9.17) is 0 Å². The van der Waals surface area contributed by atoms with E-state index in [0.29, 0.717) is 0 Å². The summed E-state index contributed by atoms with van der Waals surface area (Å²) in [5.41, 5.74) is 4.79. The van der Waals surface area contributed by atoms with Crippen LogP contribution in [0.1, 0.15) is 16.7 Å². The fraction of sp³-hybridized carbons (Fsp3) is 0.350. The standard InChI is InChI=1S/C20H22N2O3S/c1-13-5-4-6-16(9-13)21-18-11-26(24,25)12-19(18)22(20(21)23)17-8-7-14(2)15(3)10-17/h4-10,18-19H,11-12H2,1-3H3/t18-,19-/m1/s1. The molecule has 5 nitrogen and oxygen atoms in total. The van der Waals surface area contributed by atoms with E-state index >= 15 is 0 Å². The van der Waals surface area contributed by atoms with E-state index in [-0.39, 0.29) is 29.6 Å². The second kappa shape index (κ2) is 5.84. The van der Waals surface area contributed by atoms with Crippen LogP contribution in [0.2, 0.25) is 0 Å². The van der Waals surface area contributed by atoms with Crippen molar-refractivity contribution >= 4 is 27.2 Å². The van der Waals surface area contributed by atoms with Crippen LogP contribution in [0.5, 0.6) is 0 Å². The Balaban J connectivity index is 1.82. The normalized spacial score (nSPS) is 24.2. The highest BCUT2D eigenvalue weighted by Gasteiger charge is 2.54. The van der Waals surface area contributed by atoms with Gasteiger partial charge in [0.15, 0.2) is 9.84 Å². The zero-order valence-electron chi connectivity index (χ0n) is 15.1. The Labute approximate surface area is 154 Å². The molecule has 0 spiro atoms. The van der Waals surface area contributed by atoms with E-state index in [2.05, 4.69) is 0 Å². The highest BCUT2D eigenvalue weighted by atomic mass is 32.2. The van der Waals surface area contributed by atoms with Gasteiger partial charge >= 0.3 is 6.03 Å². The lowest BCUT2D eigenvalue weighted by molar-refractivity contribution is 0.255. The van der Waals surface area contributed by atoms with Gasteiger partial charge in [-0.3, -0.25) is 9.80 Å². The van der Waals surface area contributed by atoms with Gasteiger partial charge in [0.2, 0.25) is 0 Å². The molecule has 6 heteroatoms. The molecule has 0 N–H and O–H groups in total. The molecular weight excluding hydrogens is 348 g/mol. The van der Waals surface area contributed by atoms with Crippen LogP contribution in [0, 0.1) is 20.8 Å². The van der Waals surface area contributed by atoms with Crippen molar-refractivity contribution in [2.45, 2.75) is 32.9 Å². The first kappa shape index (κ1) is 17.1. The van der Waals surface area contributed by atoms with Gasteiger partial charge in [0.1, 0.15) is 0 Å². The molecule has 2 heterocycles. The minimum atomic E-state index is -3.17. The molecule has 2 fully saturated rings. The average molecular weight is 370 g/mol. The summed E-state index contributed by atoms with van der Waals surface area (Å²) >= 11 is 0. The molecule has 0 unspecified atom stereocenters. The smallest absolute Gasteiger partial charge is 0.288 e. The van der Waals surface area contributed by atoms with Gasteiger partial charge < -0.3 is 0 Å². The van der Waals surface area contributed by atoms with Gasteiger partial charge in [-0.2, -0.15) is 0 Å². The molecule has 0 aliphatic carbocycles. The summed E-state index contributed by atoms with van der Waals surface area (Å²) in [5.74, 6) is 0.0251. The van der Waals surface area contributed by atoms with Gasteiger partial charge in [0.05, 0.1) is 23.6 Å². The van der Waals surface area contributed by atoms with E-state index in [1.165, 1.54) is 0 Å². The number of urea groups is 1. The number of fused-ring (bicyclic) bond motifs is 1. The number of rotatable bonds is 2. The first-order valence-electron chi connectivity index (χ1n) is 8.73. The van der Waals surface area contributed by atoms with Crippen LogP contribution in [0.3, 0.4) is 0 Å². The topological polar surface area (TPSA) is 57.7 Å². The molecule has 0 bridgehead atoms. The Morgan fingerprint density at radius 2 is 1.46 bits per heavy atom. The summed E-state index contributed by atoms with van der Waals surface area (Å²) in [5, 5.41) is 0. The molecule has 2 aromatic rings. The predicted molar refractivity (Wildman–Crippen MR) is 104 cm³/mol. The second-order valence-corrected chi connectivity index (χ2v) is 9.50.